The van der Waals surface area contributed by atoms with Crippen LogP contribution in [0.25, 0.3) is 6.08 Å². The minimum atomic E-state index is -1.10. The van der Waals surface area contributed by atoms with Gasteiger partial charge in [0.15, 0.2) is 17.2 Å². The Hall–Kier alpha value is -3.22. The standard InChI is InChI=1S/C17H16N2O5/c1-9-10(2)19-16(11(3)18-9)17(23)24-14-6-4-12(8-13(14)20)5-7-15(21)22/h4-8,20H,1-3H3,(H,21,22)/b7-5+. The molecule has 0 atom stereocenters. The molecule has 0 aliphatic heterocycles. The number of nitrogens with zero attached hydrogens (tertiary/aromatic N) is 2. The summed E-state index contributed by atoms with van der Waals surface area (Å²) < 4.78 is 5.16. The lowest BCUT2D eigenvalue weighted by molar-refractivity contribution is -0.131. The molecule has 0 saturated carbocycles. The fourth-order valence-corrected chi connectivity index (χ4v) is 1.95. The Kier molecular flexibility index (Phi) is 4.93. The summed E-state index contributed by atoms with van der Waals surface area (Å²) in [4.78, 5) is 31.1. The highest BCUT2D eigenvalue weighted by Crippen LogP contribution is 2.28. The molecule has 0 spiro atoms. The normalized spacial score (nSPS) is 10.8. The number of carbonyl (C=O) groups excluding carboxylic acids is 1. The number of hydrogen-bond donors (Lipinski definition) is 2. The molecule has 0 saturated heterocycles. The molecule has 0 aliphatic rings. The molecule has 1 heterocycles. The third-order valence-corrected chi connectivity index (χ3v) is 3.28. The number of ether oxygens (including phenoxy) is 1. The molecule has 0 unspecified atom stereocenters. The van der Waals surface area contributed by atoms with Crippen LogP contribution in [0.2, 0.25) is 0 Å². The van der Waals surface area contributed by atoms with Gasteiger partial charge < -0.3 is 14.9 Å². The predicted molar refractivity (Wildman–Crippen MR) is 86.0 cm³/mol. The smallest absolute Gasteiger partial charge is 0.364 e. The van der Waals surface area contributed by atoms with Crippen LogP contribution in [0.5, 0.6) is 11.5 Å². The summed E-state index contributed by atoms with van der Waals surface area (Å²) in [6.45, 7) is 5.18. The van der Waals surface area contributed by atoms with Gasteiger partial charge >= 0.3 is 11.9 Å². The topological polar surface area (TPSA) is 110 Å². The number of carboxylic acids is 1. The van der Waals surface area contributed by atoms with Crippen molar-refractivity contribution in [2.75, 3.05) is 0 Å². The van der Waals surface area contributed by atoms with Crippen molar-refractivity contribution in [2.45, 2.75) is 20.8 Å². The second kappa shape index (κ2) is 6.91. The third-order valence-electron chi connectivity index (χ3n) is 3.28. The van der Waals surface area contributed by atoms with Gasteiger partial charge in [-0.1, -0.05) is 6.07 Å². The van der Waals surface area contributed by atoms with E-state index in [0.717, 1.165) is 11.8 Å². The molecule has 7 heteroatoms. The highest BCUT2D eigenvalue weighted by atomic mass is 16.5. The first-order chi connectivity index (χ1) is 11.3. The maximum atomic E-state index is 12.2. The van der Waals surface area contributed by atoms with E-state index in [1.54, 1.807) is 20.8 Å². The number of esters is 1. The molecule has 0 fully saturated rings. The maximum absolute atomic E-state index is 12.2. The number of hydrogen-bond acceptors (Lipinski definition) is 6. The van der Waals surface area contributed by atoms with E-state index >= 15 is 0 Å². The summed E-state index contributed by atoms with van der Waals surface area (Å²) in [7, 11) is 0. The summed E-state index contributed by atoms with van der Waals surface area (Å²) in [6, 6.07) is 4.18. The van der Waals surface area contributed by atoms with Crippen LogP contribution in [-0.2, 0) is 4.79 Å². The monoisotopic (exact) mass is 328 g/mol. The van der Waals surface area contributed by atoms with E-state index in [1.807, 2.05) is 0 Å². The number of carbonyl (C=O) groups is 2. The fraction of sp³-hybridized carbons (Fsp3) is 0.176. The van der Waals surface area contributed by atoms with Gasteiger partial charge in [-0.15, -0.1) is 0 Å². The Labute approximate surface area is 138 Å². The van der Waals surface area contributed by atoms with Crippen LogP contribution in [0.1, 0.15) is 33.1 Å². The molecule has 2 N–H and O–H groups in total. The van der Waals surface area contributed by atoms with Crippen molar-refractivity contribution >= 4 is 18.0 Å². The van der Waals surface area contributed by atoms with Gasteiger partial charge in [0.1, 0.15) is 0 Å². The minimum absolute atomic E-state index is 0.0492. The average molecular weight is 328 g/mol. The van der Waals surface area contributed by atoms with E-state index in [9.17, 15) is 14.7 Å². The van der Waals surface area contributed by atoms with E-state index in [2.05, 4.69) is 9.97 Å². The predicted octanol–water partition coefficient (Wildman–Crippen LogP) is 2.42. The lowest BCUT2D eigenvalue weighted by Gasteiger charge is -2.09. The maximum Gasteiger partial charge on any atom is 0.364 e. The Morgan fingerprint density at radius 3 is 2.38 bits per heavy atom. The van der Waals surface area contributed by atoms with Gasteiger partial charge in [-0.25, -0.2) is 14.6 Å². The number of aryl methyl sites for hydroxylation is 3. The van der Waals surface area contributed by atoms with Crippen molar-refractivity contribution in [3.05, 3.63) is 52.6 Å². The molecule has 2 rings (SSSR count). The van der Waals surface area contributed by atoms with Crippen LogP contribution in [0, 0.1) is 20.8 Å². The Balaban J connectivity index is 2.23. The number of phenols is 1. The first kappa shape index (κ1) is 17.1. The summed E-state index contributed by atoms with van der Waals surface area (Å²) >= 11 is 0. The lowest BCUT2D eigenvalue weighted by Crippen LogP contribution is -2.15. The van der Waals surface area contributed by atoms with Crippen molar-refractivity contribution in [2.24, 2.45) is 0 Å². The summed E-state index contributed by atoms with van der Waals surface area (Å²) in [5, 5.41) is 18.5. The summed E-state index contributed by atoms with van der Waals surface area (Å²) in [5.41, 5.74) is 2.31. The molecule has 1 aromatic carbocycles. The largest absolute Gasteiger partial charge is 0.504 e. The summed E-state index contributed by atoms with van der Waals surface area (Å²) in [6.07, 6.45) is 2.25. The van der Waals surface area contributed by atoms with E-state index in [1.165, 1.54) is 24.3 Å². The molecule has 0 radical (unpaired) electrons. The zero-order chi connectivity index (χ0) is 17.9. The Morgan fingerprint density at radius 1 is 1.08 bits per heavy atom. The second-order valence-electron chi connectivity index (χ2n) is 5.12. The summed E-state index contributed by atoms with van der Waals surface area (Å²) in [5.74, 6) is -2.17. The van der Waals surface area contributed by atoms with Crippen LogP contribution < -0.4 is 4.74 Å². The lowest BCUT2D eigenvalue weighted by atomic mass is 10.2. The van der Waals surface area contributed by atoms with Crippen molar-refractivity contribution in [1.82, 2.24) is 9.97 Å². The molecule has 24 heavy (non-hydrogen) atoms. The quantitative estimate of drug-likeness (QED) is 0.504. The number of benzene rings is 1. The number of rotatable bonds is 4. The first-order valence-electron chi connectivity index (χ1n) is 7.06. The zero-order valence-electron chi connectivity index (χ0n) is 13.4. The van der Waals surface area contributed by atoms with E-state index in [0.29, 0.717) is 17.0 Å². The highest BCUT2D eigenvalue weighted by Gasteiger charge is 2.17. The van der Waals surface area contributed by atoms with E-state index < -0.39 is 11.9 Å². The van der Waals surface area contributed by atoms with Gasteiger partial charge in [0.25, 0.3) is 0 Å². The molecule has 0 aliphatic carbocycles. The Morgan fingerprint density at radius 2 is 1.75 bits per heavy atom. The highest BCUT2D eigenvalue weighted by molar-refractivity contribution is 5.90. The van der Waals surface area contributed by atoms with Gasteiger partial charge in [-0.05, 0) is 44.5 Å². The first-order valence-corrected chi connectivity index (χ1v) is 7.06. The van der Waals surface area contributed by atoms with Crippen molar-refractivity contribution < 1.29 is 24.5 Å². The molecule has 7 nitrogen and oxygen atoms in total. The second-order valence-corrected chi connectivity index (χ2v) is 5.12. The Bertz CT molecular complexity index is 843. The zero-order valence-corrected chi connectivity index (χ0v) is 13.4. The molecule has 124 valence electrons. The van der Waals surface area contributed by atoms with E-state index in [4.69, 9.17) is 9.84 Å². The van der Waals surface area contributed by atoms with Crippen LogP contribution in [0.3, 0.4) is 0 Å². The number of aliphatic carboxylic acids is 1. The van der Waals surface area contributed by atoms with Crippen LogP contribution in [0.4, 0.5) is 0 Å². The SMILES string of the molecule is Cc1nc(C)c(C(=O)Oc2ccc(/C=C/C(=O)O)cc2O)nc1C. The number of carboxylic acid groups (broad SMARTS) is 1. The van der Waals surface area contributed by atoms with Gasteiger partial charge in [0.05, 0.1) is 17.1 Å². The minimum Gasteiger partial charge on any atom is -0.504 e. The van der Waals surface area contributed by atoms with Gasteiger partial charge in [0, 0.05) is 6.08 Å². The molecule has 2 aromatic rings. The van der Waals surface area contributed by atoms with Crippen molar-refractivity contribution in [1.29, 1.82) is 0 Å². The molecule has 1 aromatic heterocycles. The van der Waals surface area contributed by atoms with Crippen LogP contribution in [0.15, 0.2) is 24.3 Å². The molecular weight excluding hydrogens is 312 g/mol. The molecule has 0 bridgehead atoms. The van der Waals surface area contributed by atoms with E-state index in [-0.39, 0.29) is 17.2 Å². The van der Waals surface area contributed by atoms with Crippen LogP contribution in [-0.4, -0.2) is 32.1 Å². The van der Waals surface area contributed by atoms with Gasteiger partial charge in [-0.3, -0.25) is 4.98 Å². The third kappa shape index (κ3) is 3.95. The van der Waals surface area contributed by atoms with Crippen LogP contribution >= 0.6 is 0 Å². The molecule has 0 amide bonds. The van der Waals surface area contributed by atoms with Crippen molar-refractivity contribution in [3.8, 4) is 11.5 Å². The van der Waals surface area contributed by atoms with Gasteiger partial charge in [-0.2, -0.15) is 0 Å². The fourth-order valence-electron chi connectivity index (χ4n) is 1.95. The van der Waals surface area contributed by atoms with Gasteiger partial charge in [0.2, 0.25) is 0 Å². The number of phenolic OH excluding ortho intramolecular Hbond substituents is 1. The number of aromatic hydroxyl groups is 1. The van der Waals surface area contributed by atoms with Crippen molar-refractivity contribution in [3.63, 3.8) is 0 Å². The number of aromatic nitrogens is 2. The molecular formula is C17H16N2O5. The average Bonchev–Trinajstić information content (AvgIpc) is 2.51.